The van der Waals surface area contributed by atoms with Gasteiger partial charge in [0.05, 0.1) is 17.2 Å². The van der Waals surface area contributed by atoms with Crippen LogP contribution in [0.15, 0.2) is 48.5 Å². The van der Waals surface area contributed by atoms with Crippen LogP contribution in [0.25, 0.3) is 0 Å². The Labute approximate surface area is 180 Å². The molecule has 4 rings (SSSR count). The largest absolute Gasteiger partial charge is 0.416 e. The van der Waals surface area contributed by atoms with E-state index in [2.05, 4.69) is 10.2 Å². The molecule has 31 heavy (non-hydrogen) atoms. The second-order valence-corrected chi connectivity index (χ2v) is 8.73. The minimum Gasteiger partial charge on any atom is -0.380 e. The molecule has 166 valence electrons. The van der Waals surface area contributed by atoms with Gasteiger partial charge in [-0.05, 0) is 55.1 Å². The number of ether oxygens (including phenoxy) is 1. The molecule has 0 spiro atoms. The molecule has 1 heterocycles. The third-order valence-electron chi connectivity index (χ3n) is 6.28. The van der Waals surface area contributed by atoms with E-state index in [1.54, 1.807) is 7.11 Å². The molecule has 2 fully saturated rings. The van der Waals surface area contributed by atoms with Crippen molar-refractivity contribution >= 4 is 5.91 Å². The van der Waals surface area contributed by atoms with Crippen molar-refractivity contribution < 1.29 is 22.7 Å². The highest BCUT2D eigenvalue weighted by molar-refractivity contribution is 5.96. The Hall–Kier alpha value is -2.38. The third-order valence-corrected chi connectivity index (χ3v) is 6.28. The summed E-state index contributed by atoms with van der Waals surface area (Å²) in [6.45, 7) is 1.33. The number of hydrogen-bond donors (Lipinski definition) is 1. The molecule has 2 aromatic carbocycles. The molecule has 2 unspecified atom stereocenters. The average Bonchev–Trinajstić information content (AvgIpc) is 3.58. The highest BCUT2D eigenvalue weighted by atomic mass is 19.4. The van der Waals surface area contributed by atoms with E-state index in [0.29, 0.717) is 24.1 Å². The maximum atomic E-state index is 13.5. The summed E-state index contributed by atoms with van der Waals surface area (Å²) in [6, 6.07) is 13.2. The minimum atomic E-state index is -4.43. The first-order valence-corrected chi connectivity index (χ1v) is 10.5. The number of halogens is 3. The number of likely N-dealkylation sites (N-methyl/N-ethyl adjacent to an activating group) is 1. The first-order chi connectivity index (χ1) is 14.7. The molecular weight excluding hydrogens is 405 g/mol. The van der Waals surface area contributed by atoms with Crippen molar-refractivity contribution in [3.05, 3.63) is 70.8 Å². The van der Waals surface area contributed by atoms with Crippen LogP contribution in [0.2, 0.25) is 0 Å². The lowest BCUT2D eigenvalue weighted by molar-refractivity contribution is -0.137. The first-order valence-electron chi connectivity index (χ1n) is 10.5. The standard InChI is InChI=1S/C24H27F3N2O2/c1-29-14-19(31-2)13-23(15-29,17-6-4-3-5-7-17)28-22(30)20-11-10-18(24(25,26)27)12-21(20)16-8-9-16/h3-7,10-12,16,19H,8-9,13-15H2,1-2H3,(H,28,30). The molecule has 1 N–H and O–H groups in total. The van der Waals surface area contributed by atoms with E-state index >= 15 is 0 Å². The summed E-state index contributed by atoms with van der Waals surface area (Å²) in [4.78, 5) is 15.6. The van der Waals surface area contributed by atoms with Crippen molar-refractivity contribution in [2.45, 2.75) is 43.0 Å². The number of hydrogen-bond acceptors (Lipinski definition) is 3. The van der Waals surface area contributed by atoms with Crippen LogP contribution in [0.3, 0.4) is 0 Å². The lowest BCUT2D eigenvalue weighted by Crippen LogP contribution is -2.59. The molecule has 1 saturated carbocycles. The number of rotatable bonds is 5. The first kappa shape index (κ1) is 21.8. The maximum Gasteiger partial charge on any atom is 0.416 e. The summed E-state index contributed by atoms with van der Waals surface area (Å²) in [5.74, 6) is -0.332. The number of piperidine rings is 1. The molecule has 0 bridgehead atoms. The number of alkyl halides is 3. The molecule has 7 heteroatoms. The van der Waals surface area contributed by atoms with Crippen molar-refractivity contribution in [1.82, 2.24) is 10.2 Å². The Balaban J connectivity index is 1.70. The number of nitrogens with one attached hydrogen (secondary N) is 1. The van der Waals surface area contributed by atoms with Gasteiger partial charge >= 0.3 is 6.18 Å². The molecule has 4 nitrogen and oxygen atoms in total. The molecule has 1 saturated heterocycles. The van der Waals surface area contributed by atoms with Gasteiger partial charge in [0.1, 0.15) is 0 Å². The quantitative estimate of drug-likeness (QED) is 0.753. The molecule has 1 amide bonds. The Morgan fingerprint density at radius 1 is 1.16 bits per heavy atom. The number of carbonyl (C=O) groups excluding carboxylic acids is 1. The minimum absolute atomic E-state index is 0.0106. The second kappa shape index (κ2) is 8.28. The SMILES string of the molecule is COC1CN(C)CC(NC(=O)c2ccc(C(F)(F)F)cc2C2CC2)(c2ccccc2)C1. The predicted octanol–water partition coefficient (Wildman–Crippen LogP) is 4.56. The van der Waals surface area contributed by atoms with Crippen molar-refractivity contribution in [3.63, 3.8) is 0 Å². The summed E-state index contributed by atoms with van der Waals surface area (Å²) >= 11 is 0. The van der Waals surface area contributed by atoms with Crippen LogP contribution in [-0.2, 0) is 16.5 Å². The maximum absolute atomic E-state index is 13.5. The number of likely N-dealkylation sites (tertiary alicyclic amines) is 1. The topological polar surface area (TPSA) is 41.6 Å². The molecule has 0 radical (unpaired) electrons. The predicted molar refractivity (Wildman–Crippen MR) is 112 cm³/mol. The van der Waals surface area contributed by atoms with Gasteiger partial charge in [-0.15, -0.1) is 0 Å². The summed E-state index contributed by atoms with van der Waals surface area (Å²) in [7, 11) is 3.63. The lowest BCUT2D eigenvalue weighted by atomic mass is 9.80. The zero-order valence-electron chi connectivity index (χ0n) is 17.7. The van der Waals surface area contributed by atoms with Crippen molar-refractivity contribution in [2.24, 2.45) is 0 Å². The van der Waals surface area contributed by atoms with E-state index in [-0.39, 0.29) is 17.9 Å². The number of amides is 1. The molecule has 1 aliphatic heterocycles. The summed E-state index contributed by atoms with van der Waals surface area (Å²) < 4.78 is 45.4. The van der Waals surface area contributed by atoms with E-state index in [9.17, 15) is 18.0 Å². The van der Waals surface area contributed by atoms with Crippen LogP contribution in [0.1, 0.15) is 52.2 Å². The fraction of sp³-hybridized carbons (Fsp3) is 0.458. The Kier molecular flexibility index (Phi) is 5.83. The van der Waals surface area contributed by atoms with Crippen LogP contribution >= 0.6 is 0 Å². The Morgan fingerprint density at radius 3 is 2.48 bits per heavy atom. The summed E-state index contributed by atoms with van der Waals surface area (Å²) in [6.07, 6.45) is -2.31. The van der Waals surface area contributed by atoms with Crippen LogP contribution < -0.4 is 5.32 Å². The number of nitrogens with zero attached hydrogens (tertiary/aromatic N) is 1. The van der Waals surface area contributed by atoms with Crippen molar-refractivity contribution in [2.75, 3.05) is 27.2 Å². The molecular formula is C24H27F3N2O2. The normalized spacial score (nSPS) is 24.7. The van der Waals surface area contributed by atoms with Crippen LogP contribution in [-0.4, -0.2) is 44.2 Å². The molecule has 2 atom stereocenters. The fourth-order valence-corrected chi connectivity index (χ4v) is 4.64. The highest BCUT2D eigenvalue weighted by Crippen LogP contribution is 2.44. The number of methoxy groups -OCH3 is 1. The molecule has 2 aromatic rings. The zero-order valence-corrected chi connectivity index (χ0v) is 17.7. The van der Waals surface area contributed by atoms with Crippen LogP contribution in [0, 0.1) is 0 Å². The zero-order chi connectivity index (χ0) is 22.2. The van der Waals surface area contributed by atoms with Crippen molar-refractivity contribution in [1.29, 1.82) is 0 Å². The van der Waals surface area contributed by atoms with Gasteiger partial charge in [0.2, 0.25) is 0 Å². The summed E-state index contributed by atoms with van der Waals surface area (Å²) in [5, 5.41) is 3.20. The number of carbonyl (C=O) groups is 1. The van der Waals surface area contributed by atoms with E-state index in [4.69, 9.17) is 4.74 Å². The van der Waals surface area contributed by atoms with Gasteiger partial charge < -0.3 is 15.0 Å². The van der Waals surface area contributed by atoms with Crippen molar-refractivity contribution in [3.8, 4) is 0 Å². The lowest BCUT2D eigenvalue weighted by Gasteiger charge is -2.45. The molecule has 0 aromatic heterocycles. The van der Waals surface area contributed by atoms with Crippen LogP contribution in [0.4, 0.5) is 13.2 Å². The van der Waals surface area contributed by atoms with Gasteiger partial charge in [0.25, 0.3) is 5.91 Å². The Bertz CT molecular complexity index is 944. The van der Waals surface area contributed by atoms with E-state index in [1.165, 1.54) is 6.07 Å². The third kappa shape index (κ3) is 4.62. The van der Waals surface area contributed by atoms with E-state index < -0.39 is 17.3 Å². The Morgan fingerprint density at radius 2 is 1.87 bits per heavy atom. The van der Waals surface area contributed by atoms with Gasteiger partial charge in [-0.1, -0.05) is 30.3 Å². The van der Waals surface area contributed by atoms with Gasteiger partial charge in [0, 0.05) is 32.2 Å². The van der Waals surface area contributed by atoms with Gasteiger partial charge in [0.15, 0.2) is 0 Å². The highest BCUT2D eigenvalue weighted by Gasteiger charge is 2.43. The molecule has 1 aliphatic carbocycles. The smallest absolute Gasteiger partial charge is 0.380 e. The van der Waals surface area contributed by atoms with E-state index in [0.717, 1.165) is 37.1 Å². The second-order valence-electron chi connectivity index (χ2n) is 8.73. The average molecular weight is 432 g/mol. The summed E-state index contributed by atoms with van der Waals surface area (Å²) in [5.41, 5.74) is 0.364. The monoisotopic (exact) mass is 432 g/mol. The van der Waals surface area contributed by atoms with Gasteiger partial charge in [-0.2, -0.15) is 13.2 Å². The number of benzene rings is 2. The van der Waals surface area contributed by atoms with E-state index in [1.807, 2.05) is 37.4 Å². The molecule has 2 aliphatic rings. The fourth-order valence-electron chi connectivity index (χ4n) is 4.64. The van der Waals surface area contributed by atoms with Gasteiger partial charge in [-0.25, -0.2) is 0 Å². The van der Waals surface area contributed by atoms with Crippen LogP contribution in [0.5, 0.6) is 0 Å². The van der Waals surface area contributed by atoms with Gasteiger partial charge in [-0.3, -0.25) is 4.79 Å².